The van der Waals surface area contributed by atoms with Gasteiger partial charge in [-0.15, -0.1) is 0 Å². The van der Waals surface area contributed by atoms with Crippen LogP contribution in [0.3, 0.4) is 0 Å². The first-order valence-corrected chi connectivity index (χ1v) is 19.1. The molecular formula is C37H64O13. The maximum atomic E-state index is 12.8. The molecule has 4 aliphatic carbocycles. The van der Waals surface area contributed by atoms with Gasteiger partial charge in [0, 0.05) is 12.3 Å². The highest BCUT2D eigenvalue weighted by Gasteiger charge is 2.71. The molecule has 4 saturated carbocycles. The summed E-state index contributed by atoms with van der Waals surface area (Å²) in [6.07, 6.45) is -6.33. The van der Waals surface area contributed by atoms with E-state index in [0.29, 0.717) is 32.1 Å². The highest BCUT2D eigenvalue weighted by atomic mass is 16.7. The molecule has 0 amide bonds. The summed E-state index contributed by atoms with van der Waals surface area (Å²) in [6.45, 7) is 10.4. The summed E-state index contributed by atoms with van der Waals surface area (Å²) in [5.74, 6) is -0.240. The SMILES string of the molecule is CC(C)[C@H](CC[C@@H](C)[C@H]1C[C@H](O)[C@@H]2[C@]1(C)CC[C@@H]1[C@@]3(C)CC[C@H](O[C@@H]4OC[C@@H](O)C(O)[C@@H]4O)C[C@@H]3[C@H](O)C[C@]12O)O[C@@H]1OC[C@@H](O)C(O)[C@@H]1O. The Labute approximate surface area is 295 Å². The third-order valence-electron chi connectivity index (χ3n) is 14.6. The summed E-state index contributed by atoms with van der Waals surface area (Å²) in [7, 11) is 0. The van der Waals surface area contributed by atoms with Crippen LogP contribution in [0.1, 0.15) is 92.4 Å². The first kappa shape index (κ1) is 39.2. The van der Waals surface area contributed by atoms with Gasteiger partial charge in [-0.2, -0.15) is 0 Å². The van der Waals surface area contributed by atoms with Crippen LogP contribution in [0.5, 0.6) is 0 Å². The molecule has 2 heterocycles. The second-order valence-corrected chi connectivity index (χ2v) is 17.9. The Morgan fingerprint density at radius 2 is 1.30 bits per heavy atom. The van der Waals surface area contributed by atoms with Crippen molar-refractivity contribution in [2.75, 3.05) is 13.2 Å². The lowest BCUT2D eigenvalue weighted by molar-refractivity contribution is -0.300. The summed E-state index contributed by atoms with van der Waals surface area (Å²) in [5.41, 5.74) is -1.98. The van der Waals surface area contributed by atoms with E-state index in [1.54, 1.807) is 0 Å². The molecule has 2 unspecified atom stereocenters. The van der Waals surface area contributed by atoms with Crippen molar-refractivity contribution < 1.29 is 64.9 Å². The van der Waals surface area contributed by atoms with Gasteiger partial charge in [-0.3, -0.25) is 0 Å². The zero-order chi connectivity index (χ0) is 36.5. The topological polar surface area (TPSA) is 219 Å². The van der Waals surface area contributed by atoms with Gasteiger partial charge in [0.05, 0.1) is 43.2 Å². The number of ether oxygens (including phenoxy) is 4. The average molecular weight is 717 g/mol. The maximum Gasteiger partial charge on any atom is 0.186 e. The Morgan fingerprint density at radius 1 is 0.700 bits per heavy atom. The van der Waals surface area contributed by atoms with Crippen LogP contribution in [0.25, 0.3) is 0 Å². The number of hydrogen-bond donors (Lipinski definition) is 9. The quantitative estimate of drug-likeness (QED) is 0.148. The van der Waals surface area contributed by atoms with Crippen LogP contribution in [-0.2, 0) is 18.9 Å². The fourth-order valence-corrected chi connectivity index (χ4v) is 11.9. The van der Waals surface area contributed by atoms with Gasteiger partial charge >= 0.3 is 0 Å². The van der Waals surface area contributed by atoms with E-state index in [1.807, 2.05) is 13.8 Å². The summed E-state index contributed by atoms with van der Waals surface area (Å²) in [5, 5.41) is 97.1. The minimum absolute atomic E-state index is 0.105. The lowest BCUT2D eigenvalue weighted by Crippen LogP contribution is -2.68. The van der Waals surface area contributed by atoms with Gasteiger partial charge in [-0.25, -0.2) is 0 Å². The predicted molar refractivity (Wildman–Crippen MR) is 178 cm³/mol. The largest absolute Gasteiger partial charge is 0.393 e. The molecule has 9 N–H and O–H groups in total. The summed E-state index contributed by atoms with van der Waals surface area (Å²) < 4.78 is 23.3. The van der Waals surface area contributed by atoms with Crippen molar-refractivity contribution in [3.63, 3.8) is 0 Å². The molecule has 290 valence electrons. The van der Waals surface area contributed by atoms with Crippen LogP contribution in [0.4, 0.5) is 0 Å². The molecule has 0 radical (unpaired) electrons. The molecule has 2 aliphatic heterocycles. The van der Waals surface area contributed by atoms with Gasteiger partial charge in [0.25, 0.3) is 0 Å². The minimum atomic E-state index is -1.38. The third-order valence-corrected chi connectivity index (χ3v) is 14.6. The zero-order valence-corrected chi connectivity index (χ0v) is 30.3. The Kier molecular flexibility index (Phi) is 11.5. The van der Waals surface area contributed by atoms with Crippen LogP contribution in [0.2, 0.25) is 0 Å². The Balaban J connectivity index is 1.12. The van der Waals surface area contributed by atoms with E-state index in [4.69, 9.17) is 18.9 Å². The first-order valence-electron chi connectivity index (χ1n) is 19.1. The number of hydrogen-bond acceptors (Lipinski definition) is 13. The molecule has 6 fully saturated rings. The van der Waals surface area contributed by atoms with Crippen LogP contribution < -0.4 is 0 Å². The Morgan fingerprint density at radius 3 is 1.94 bits per heavy atom. The van der Waals surface area contributed by atoms with Crippen molar-refractivity contribution in [3.8, 4) is 0 Å². The van der Waals surface area contributed by atoms with Gasteiger partial charge < -0.3 is 64.9 Å². The van der Waals surface area contributed by atoms with Crippen LogP contribution in [0.15, 0.2) is 0 Å². The van der Waals surface area contributed by atoms with E-state index >= 15 is 0 Å². The van der Waals surface area contributed by atoms with Gasteiger partial charge in [0.2, 0.25) is 0 Å². The third kappa shape index (κ3) is 6.73. The molecular weight excluding hydrogens is 652 g/mol. The Hall–Kier alpha value is -0.520. The average Bonchev–Trinajstić information content (AvgIpc) is 3.34. The normalized spacial score (nSPS) is 53.7. The smallest absolute Gasteiger partial charge is 0.186 e. The fraction of sp³-hybridized carbons (Fsp3) is 1.00. The van der Waals surface area contributed by atoms with Crippen molar-refractivity contribution >= 4 is 0 Å². The van der Waals surface area contributed by atoms with Gasteiger partial charge in [0.15, 0.2) is 12.6 Å². The van der Waals surface area contributed by atoms with E-state index in [1.165, 1.54) is 0 Å². The molecule has 0 bridgehead atoms. The predicted octanol–water partition coefficient (Wildman–Crippen LogP) is 0.423. The van der Waals surface area contributed by atoms with Gasteiger partial charge in [-0.1, -0.05) is 34.6 Å². The second kappa shape index (κ2) is 14.6. The summed E-state index contributed by atoms with van der Waals surface area (Å²) >= 11 is 0. The molecule has 13 nitrogen and oxygen atoms in total. The van der Waals surface area contributed by atoms with E-state index in [0.717, 1.165) is 19.3 Å². The monoisotopic (exact) mass is 716 g/mol. The van der Waals surface area contributed by atoms with Crippen LogP contribution in [0, 0.1) is 46.3 Å². The van der Waals surface area contributed by atoms with Crippen molar-refractivity contribution in [1.29, 1.82) is 0 Å². The highest BCUT2D eigenvalue weighted by Crippen LogP contribution is 2.70. The van der Waals surface area contributed by atoms with Crippen molar-refractivity contribution in [1.82, 2.24) is 0 Å². The maximum absolute atomic E-state index is 12.8. The molecule has 13 heteroatoms. The molecule has 50 heavy (non-hydrogen) atoms. The lowest BCUT2D eigenvalue weighted by Gasteiger charge is -2.66. The van der Waals surface area contributed by atoms with Crippen LogP contribution >= 0.6 is 0 Å². The number of rotatable bonds is 9. The summed E-state index contributed by atoms with van der Waals surface area (Å²) in [6, 6.07) is 0. The van der Waals surface area contributed by atoms with Gasteiger partial charge in [0.1, 0.15) is 36.6 Å². The van der Waals surface area contributed by atoms with Gasteiger partial charge in [-0.05, 0) is 91.8 Å². The molecule has 6 aliphatic rings. The molecule has 6 rings (SSSR count). The van der Waals surface area contributed by atoms with E-state index < -0.39 is 78.3 Å². The fourth-order valence-electron chi connectivity index (χ4n) is 11.9. The first-order chi connectivity index (χ1) is 23.4. The minimum Gasteiger partial charge on any atom is -0.393 e. The van der Waals surface area contributed by atoms with E-state index in [-0.39, 0.29) is 66.8 Å². The lowest BCUT2D eigenvalue weighted by atomic mass is 9.42. The standard InChI is InChI=1S/C37H64O13/c1-17(2)26(50-34-31(45)29(43)25(41)16-48-34)7-6-18(3)20-13-22(38)32-36(20,5)11-9-27-35(4)10-8-19(12-21(35)23(39)14-37(27,32)46)49-33-30(44)28(42)24(40)15-47-33/h17-34,38-46H,6-16H2,1-5H3/t18-,19+,20-,21-,22+,23-,24-,25-,26+,27-,28?,29?,30+,31+,32-,33+,34+,35+,36-,37+/m1/s1. The highest BCUT2D eigenvalue weighted by molar-refractivity contribution is 5.20. The number of aliphatic hydroxyl groups is 9. The summed E-state index contributed by atoms with van der Waals surface area (Å²) in [4.78, 5) is 0. The van der Waals surface area contributed by atoms with E-state index in [2.05, 4.69) is 20.8 Å². The van der Waals surface area contributed by atoms with Crippen molar-refractivity contribution in [2.45, 2.75) is 172 Å². The molecule has 0 aromatic carbocycles. The molecule has 0 spiro atoms. The zero-order valence-electron chi connectivity index (χ0n) is 30.3. The molecule has 2 saturated heterocycles. The number of fused-ring (bicyclic) bond motifs is 5. The Bertz CT molecular complexity index is 1160. The second-order valence-electron chi connectivity index (χ2n) is 17.9. The molecule has 0 aromatic rings. The van der Waals surface area contributed by atoms with Crippen molar-refractivity contribution in [3.05, 3.63) is 0 Å². The van der Waals surface area contributed by atoms with Crippen LogP contribution in [-0.4, -0.2) is 138 Å². The molecule has 20 atom stereocenters. The molecule has 0 aromatic heterocycles. The van der Waals surface area contributed by atoms with E-state index in [9.17, 15) is 46.0 Å². The number of aliphatic hydroxyl groups excluding tert-OH is 8. The van der Waals surface area contributed by atoms with Crippen molar-refractivity contribution in [2.24, 2.45) is 46.3 Å².